The van der Waals surface area contributed by atoms with Crippen LogP contribution in [-0.2, 0) is 14.8 Å². The molecule has 2 rings (SSSR count). The minimum Gasteiger partial charge on any atom is -0.332 e. The van der Waals surface area contributed by atoms with E-state index in [1.54, 1.807) is 24.8 Å². The fraction of sp³-hybridized carbons (Fsp3) is 0.556. The summed E-state index contributed by atoms with van der Waals surface area (Å²) >= 11 is 1.26. The highest BCUT2D eigenvalue weighted by Gasteiger charge is 2.24. The number of aryl methyl sites for hydroxylation is 1. The van der Waals surface area contributed by atoms with Gasteiger partial charge in [0.05, 0.1) is 4.90 Å². The summed E-state index contributed by atoms with van der Waals surface area (Å²) in [6.45, 7) is 9.06. The molecule has 0 spiro atoms. The Morgan fingerprint density at radius 1 is 1.26 bits per heavy atom. The molecule has 1 N–H and O–H groups in total. The molecule has 27 heavy (non-hydrogen) atoms. The number of thioether (sulfide) groups is 1. The van der Waals surface area contributed by atoms with Gasteiger partial charge in [-0.1, -0.05) is 25.6 Å². The molecule has 1 saturated heterocycles. The second-order valence-corrected chi connectivity index (χ2v) is 9.39. The molecule has 0 saturated carbocycles. The topological polar surface area (TPSA) is 86.8 Å². The van der Waals surface area contributed by atoms with Crippen LogP contribution in [0.15, 0.2) is 17.0 Å². The van der Waals surface area contributed by atoms with E-state index in [9.17, 15) is 18.0 Å². The number of nitrogens with zero attached hydrogens (tertiary/aromatic N) is 2. The lowest BCUT2D eigenvalue weighted by molar-refractivity contribution is -0.116. The second kappa shape index (κ2) is 9.07. The van der Waals surface area contributed by atoms with Gasteiger partial charge in [-0.3, -0.25) is 9.59 Å². The van der Waals surface area contributed by atoms with Crippen molar-refractivity contribution >= 4 is 38.6 Å². The number of anilines is 1. The summed E-state index contributed by atoms with van der Waals surface area (Å²) in [6, 6.07) is 3.16. The summed E-state index contributed by atoms with van der Waals surface area (Å²) in [5, 5.41) is 2.81. The number of carbonyl (C=O) groups excluding carboxylic acids is 2. The van der Waals surface area contributed by atoms with E-state index in [0.29, 0.717) is 31.9 Å². The van der Waals surface area contributed by atoms with Crippen LogP contribution in [0, 0.1) is 13.8 Å². The molecule has 9 heteroatoms. The van der Waals surface area contributed by atoms with Crippen LogP contribution >= 0.6 is 11.8 Å². The van der Waals surface area contributed by atoms with Crippen molar-refractivity contribution in [2.24, 2.45) is 0 Å². The Morgan fingerprint density at radius 3 is 2.48 bits per heavy atom. The molecule has 0 aliphatic carbocycles. The Morgan fingerprint density at radius 2 is 1.93 bits per heavy atom. The first-order valence-electron chi connectivity index (χ1n) is 9.03. The number of carbonyl (C=O) groups is 2. The number of amides is 2. The summed E-state index contributed by atoms with van der Waals surface area (Å²) in [6.07, 6.45) is 0.178. The number of hydrogen-bond donors (Lipinski definition) is 1. The van der Waals surface area contributed by atoms with Crippen molar-refractivity contribution in [3.8, 4) is 0 Å². The van der Waals surface area contributed by atoms with Gasteiger partial charge < -0.3 is 10.2 Å². The maximum absolute atomic E-state index is 12.8. The van der Waals surface area contributed by atoms with Crippen molar-refractivity contribution in [3.63, 3.8) is 0 Å². The molecular formula is C18H27N3O4S2. The smallest absolute Gasteiger partial charge is 0.281 e. The van der Waals surface area contributed by atoms with E-state index in [1.165, 1.54) is 22.1 Å². The van der Waals surface area contributed by atoms with Gasteiger partial charge in [0.2, 0.25) is 15.9 Å². The highest BCUT2D eigenvalue weighted by molar-refractivity contribution is 8.13. The molecule has 1 fully saturated rings. The zero-order chi connectivity index (χ0) is 20.2. The number of rotatable bonds is 8. The fourth-order valence-corrected chi connectivity index (χ4v) is 5.32. The molecule has 0 unspecified atom stereocenters. The molecule has 1 aromatic rings. The monoisotopic (exact) mass is 413 g/mol. The molecule has 0 atom stereocenters. The van der Waals surface area contributed by atoms with Crippen LogP contribution in [0.4, 0.5) is 10.5 Å². The van der Waals surface area contributed by atoms with Gasteiger partial charge in [-0.15, -0.1) is 0 Å². The van der Waals surface area contributed by atoms with Gasteiger partial charge in [0.1, 0.15) is 0 Å². The van der Waals surface area contributed by atoms with Crippen LogP contribution < -0.4 is 5.32 Å². The Bertz CT molecular complexity index is 820. The van der Waals surface area contributed by atoms with E-state index in [4.69, 9.17) is 0 Å². The summed E-state index contributed by atoms with van der Waals surface area (Å²) in [5.41, 5.74) is 2.12. The average molecular weight is 414 g/mol. The van der Waals surface area contributed by atoms with E-state index < -0.39 is 10.0 Å². The van der Waals surface area contributed by atoms with Crippen LogP contribution in [0.1, 0.15) is 31.4 Å². The first kappa shape index (κ1) is 21.7. The van der Waals surface area contributed by atoms with Gasteiger partial charge in [-0.2, -0.15) is 4.31 Å². The van der Waals surface area contributed by atoms with Crippen molar-refractivity contribution in [2.75, 3.05) is 37.2 Å². The molecule has 150 valence electrons. The maximum atomic E-state index is 12.8. The Balaban J connectivity index is 2.17. The Hall–Kier alpha value is -1.58. The van der Waals surface area contributed by atoms with Crippen LogP contribution in [0.3, 0.4) is 0 Å². The van der Waals surface area contributed by atoms with Crippen LogP contribution in [0.2, 0.25) is 0 Å². The third-order valence-corrected chi connectivity index (χ3v) is 7.63. The van der Waals surface area contributed by atoms with Gasteiger partial charge in [-0.05, 0) is 37.1 Å². The van der Waals surface area contributed by atoms with Gasteiger partial charge in [-0.25, -0.2) is 8.42 Å². The minimum atomic E-state index is -3.61. The molecule has 2 amide bonds. The summed E-state index contributed by atoms with van der Waals surface area (Å²) in [7, 11) is -3.61. The average Bonchev–Trinajstić information content (AvgIpc) is 3.02. The van der Waals surface area contributed by atoms with Crippen molar-refractivity contribution < 1.29 is 18.0 Å². The molecule has 7 nitrogen and oxygen atoms in total. The fourth-order valence-electron chi connectivity index (χ4n) is 2.90. The molecular weight excluding hydrogens is 386 g/mol. The number of benzene rings is 1. The number of sulfonamides is 1. The first-order chi connectivity index (χ1) is 12.7. The van der Waals surface area contributed by atoms with Crippen LogP contribution in [0.25, 0.3) is 0 Å². The van der Waals surface area contributed by atoms with E-state index in [1.807, 2.05) is 13.8 Å². The molecule has 1 heterocycles. The van der Waals surface area contributed by atoms with Gasteiger partial charge in [0, 0.05) is 44.0 Å². The minimum absolute atomic E-state index is 0.00198. The lowest BCUT2D eigenvalue weighted by Gasteiger charge is -2.20. The van der Waals surface area contributed by atoms with E-state index in [0.717, 1.165) is 16.9 Å². The second-order valence-electron chi connectivity index (χ2n) is 6.40. The van der Waals surface area contributed by atoms with Crippen LogP contribution in [-0.4, -0.2) is 60.7 Å². The maximum Gasteiger partial charge on any atom is 0.281 e. The molecule has 0 radical (unpaired) electrons. The number of nitrogens with one attached hydrogen (secondary N) is 1. The zero-order valence-corrected chi connectivity index (χ0v) is 17.9. The summed E-state index contributed by atoms with van der Waals surface area (Å²) in [5.74, 6) is 0.517. The van der Waals surface area contributed by atoms with E-state index >= 15 is 0 Å². The summed E-state index contributed by atoms with van der Waals surface area (Å²) in [4.78, 5) is 25.8. The molecule has 1 aliphatic heterocycles. The first-order valence-corrected chi connectivity index (χ1v) is 11.5. The lowest BCUT2D eigenvalue weighted by atomic mass is 10.1. The number of hydrogen-bond acceptors (Lipinski definition) is 5. The standard InChI is InChI=1S/C18H27N3O4S2/c1-5-21(6-2)27(24,25)15-11-13(3)14(4)16(12-15)19-17(22)7-8-20-9-10-26-18(20)23/h11-12H,5-10H2,1-4H3,(H,19,22). The third-order valence-electron chi connectivity index (χ3n) is 4.71. The molecule has 1 aromatic carbocycles. The Kier molecular flexibility index (Phi) is 7.30. The van der Waals surface area contributed by atoms with Crippen molar-refractivity contribution in [1.82, 2.24) is 9.21 Å². The van der Waals surface area contributed by atoms with E-state index in [-0.39, 0.29) is 22.5 Å². The molecule has 0 bridgehead atoms. The van der Waals surface area contributed by atoms with E-state index in [2.05, 4.69) is 5.32 Å². The molecule has 1 aliphatic rings. The quantitative estimate of drug-likeness (QED) is 0.708. The highest BCUT2D eigenvalue weighted by Crippen LogP contribution is 2.26. The van der Waals surface area contributed by atoms with Crippen LogP contribution in [0.5, 0.6) is 0 Å². The van der Waals surface area contributed by atoms with Gasteiger partial charge >= 0.3 is 0 Å². The largest absolute Gasteiger partial charge is 0.332 e. The lowest BCUT2D eigenvalue weighted by Crippen LogP contribution is -2.31. The molecule has 0 aromatic heterocycles. The van der Waals surface area contributed by atoms with Crippen molar-refractivity contribution in [2.45, 2.75) is 39.0 Å². The third kappa shape index (κ3) is 5.03. The summed E-state index contributed by atoms with van der Waals surface area (Å²) < 4.78 is 27.0. The van der Waals surface area contributed by atoms with Crippen molar-refractivity contribution in [1.29, 1.82) is 0 Å². The van der Waals surface area contributed by atoms with Gasteiger partial charge in [0.25, 0.3) is 5.24 Å². The highest BCUT2D eigenvalue weighted by atomic mass is 32.2. The Labute approximate surface area is 165 Å². The SMILES string of the molecule is CCN(CC)S(=O)(=O)c1cc(C)c(C)c(NC(=O)CCN2CCSC2=O)c1. The van der Waals surface area contributed by atoms with Crippen molar-refractivity contribution in [3.05, 3.63) is 23.3 Å². The predicted molar refractivity (Wildman–Crippen MR) is 109 cm³/mol. The van der Waals surface area contributed by atoms with Gasteiger partial charge in [0.15, 0.2) is 0 Å². The normalized spacial score (nSPS) is 14.9. The predicted octanol–water partition coefficient (Wildman–Crippen LogP) is 2.83. The zero-order valence-electron chi connectivity index (χ0n) is 16.2.